The highest BCUT2D eigenvalue weighted by atomic mass is 15.2. The molecule has 1 saturated heterocycles. The second kappa shape index (κ2) is 9.40. The maximum absolute atomic E-state index is 4.71. The predicted molar refractivity (Wildman–Crippen MR) is 113 cm³/mol. The van der Waals surface area contributed by atoms with E-state index in [0.717, 1.165) is 23.9 Å². The van der Waals surface area contributed by atoms with Crippen molar-refractivity contribution < 1.29 is 0 Å². The van der Waals surface area contributed by atoms with Gasteiger partial charge in [-0.3, -0.25) is 4.98 Å². The van der Waals surface area contributed by atoms with Crippen molar-refractivity contribution in [3.05, 3.63) is 59.4 Å². The molecule has 0 spiro atoms. The molecule has 1 atom stereocenters. The van der Waals surface area contributed by atoms with Gasteiger partial charge >= 0.3 is 0 Å². The van der Waals surface area contributed by atoms with Crippen molar-refractivity contribution in [3.8, 4) is 0 Å². The molecular weight excluding hydrogens is 334 g/mol. The highest BCUT2D eigenvalue weighted by Crippen LogP contribution is 2.23. The lowest BCUT2D eigenvalue weighted by molar-refractivity contribution is 0.685. The Labute approximate surface area is 162 Å². The second-order valence-electron chi connectivity index (χ2n) is 7.12. The Morgan fingerprint density at radius 2 is 1.96 bits per heavy atom. The van der Waals surface area contributed by atoms with Crippen LogP contribution < -0.4 is 15.5 Å². The van der Waals surface area contributed by atoms with E-state index in [0.29, 0.717) is 6.54 Å². The molecule has 27 heavy (non-hydrogen) atoms. The summed E-state index contributed by atoms with van der Waals surface area (Å²) in [7, 11) is 0. The Balaban J connectivity index is 1.68. The fourth-order valence-corrected chi connectivity index (χ4v) is 3.42. The maximum atomic E-state index is 4.71. The average Bonchev–Trinajstić information content (AvgIpc) is 3.21. The van der Waals surface area contributed by atoms with Crippen LogP contribution in [0.4, 0.5) is 5.69 Å². The van der Waals surface area contributed by atoms with Gasteiger partial charge in [0.25, 0.3) is 0 Å². The van der Waals surface area contributed by atoms with Crippen LogP contribution in [0.5, 0.6) is 0 Å². The van der Waals surface area contributed by atoms with Crippen LogP contribution in [-0.2, 0) is 6.54 Å². The van der Waals surface area contributed by atoms with Crippen LogP contribution >= 0.6 is 0 Å². The van der Waals surface area contributed by atoms with Crippen LogP contribution in [0, 0.1) is 6.92 Å². The summed E-state index contributed by atoms with van der Waals surface area (Å²) in [6, 6.07) is 15.1. The molecule has 0 amide bonds. The van der Waals surface area contributed by atoms with Crippen LogP contribution in [0.15, 0.2) is 47.5 Å². The first kappa shape index (κ1) is 19.2. The van der Waals surface area contributed by atoms with Gasteiger partial charge in [-0.15, -0.1) is 0 Å². The van der Waals surface area contributed by atoms with Gasteiger partial charge in [0.05, 0.1) is 18.3 Å². The van der Waals surface area contributed by atoms with Crippen molar-refractivity contribution in [2.75, 3.05) is 24.5 Å². The van der Waals surface area contributed by atoms with E-state index < -0.39 is 0 Å². The molecule has 1 aliphatic rings. The topological polar surface area (TPSA) is 52.6 Å². The molecular formula is C22H31N5. The number of hydrogen-bond donors (Lipinski definition) is 2. The van der Waals surface area contributed by atoms with Gasteiger partial charge in [-0.2, -0.15) is 0 Å². The lowest BCUT2D eigenvalue weighted by Crippen LogP contribution is -2.38. The number of benzene rings is 1. The fraction of sp³-hybridized carbons (Fsp3) is 0.455. The molecule has 1 unspecified atom stereocenters. The SMILES string of the molecule is CCNC(=NCc1cccc(C)n1)NC(C)c1cccc(N2CCCC2)c1. The average molecular weight is 366 g/mol. The summed E-state index contributed by atoms with van der Waals surface area (Å²) in [4.78, 5) is 11.7. The summed E-state index contributed by atoms with van der Waals surface area (Å²) in [6.45, 7) is 10.00. The molecule has 2 aromatic rings. The number of aromatic nitrogens is 1. The smallest absolute Gasteiger partial charge is 0.192 e. The minimum absolute atomic E-state index is 0.177. The number of nitrogens with zero attached hydrogens (tertiary/aromatic N) is 3. The van der Waals surface area contributed by atoms with E-state index >= 15 is 0 Å². The van der Waals surface area contributed by atoms with E-state index in [2.05, 4.69) is 58.6 Å². The Morgan fingerprint density at radius 3 is 2.70 bits per heavy atom. The summed E-state index contributed by atoms with van der Waals surface area (Å²) < 4.78 is 0. The number of guanidine groups is 1. The van der Waals surface area contributed by atoms with Crippen molar-refractivity contribution in [1.29, 1.82) is 0 Å². The number of hydrogen-bond acceptors (Lipinski definition) is 3. The highest BCUT2D eigenvalue weighted by molar-refractivity contribution is 5.80. The molecule has 0 saturated carbocycles. The zero-order valence-corrected chi connectivity index (χ0v) is 16.7. The predicted octanol–water partition coefficient (Wildman–Crippen LogP) is 3.81. The van der Waals surface area contributed by atoms with E-state index in [1.54, 1.807) is 0 Å². The Bertz CT molecular complexity index is 765. The lowest BCUT2D eigenvalue weighted by atomic mass is 10.1. The Hall–Kier alpha value is -2.56. The lowest BCUT2D eigenvalue weighted by Gasteiger charge is -2.22. The van der Waals surface area contributed by atoms with Gasteiger partial charge in [-0.05, 0) is 63.4 Å². The molecule has 1 aromatic carbocycles. The zero-order valence-electron chi connectivity index (χ0n) is 16.7. The quantitative estimate of drug-likeness (QED) is 0.604. The number of rotatable bonds is 6. The van der Waals surface area contributed by atoms with Crippen molar-refractivity contribution in [1.82, 2.24) is 15.6 Å². The van der Waals surface area contributed by atoms with Crippen molar-refractivity contribution in [2.24, 2.45) is 4.99 Å². The van der Waals surface area contributed by atoms with E-state index in [1.165, 1.54) is 37.2 Å². The molecule has 2 heterocycles. The van der Waals surface area contributed by atoms with Crippen molar-refractivity contribution >= 4 is 11.6 Å². The van der Waals surface area contributed by atoms with Gasteiger partial charge in [0.1, 0.15) is 0 Å². The number of aliphatic imine (C=N–C) groups is 1. The monoisotopic (exact) mass is 365 g/mol. The summed E-state index contributed by atoms with van der Waals surface area (Å²) in [5.74, 6) is 0.819. The first-order valence-corrected chi connectivity index (χ1v) is 9.98. The first-order valence-electron chi connectivity index (χ1n) is 9.98. The third-order valence-electron chi connectivity index (χ3n) is 4.88. The number of aryl methyl sites for hydroxylation is 1. The van der Waals surface area contributed by atoms with Gasteiger partial charge < -0.3 is 15.5 Å². The summed E-state index contributed by atoms with van der Waals surface area (Å²) in [5.41, 5.74) is 4.60. The van der Waals surface area contributed by atoms with E-state index in [4.69, 9.17) is 4.99 Å². The van der Waals surface area contributed by atoms with Crippen LogP contribution in [0.3, 0.4) is 0 Å². The van der Waals surface area contributed by atoms with E-state index in [9.17, 15) is 0 Å². The third-order valence-corrected chi connectivity index (χ3v) is 4.88. The Morgan fingerprint density at radius 1 is 1.19 bits per heavy atom. The number of nitrogens with one attached hydrogen (secondary N) is 2. The van der Waals surface area contributed by atoms with Gasteiger partial charge in [0.15, 0.2) is 5.96 Å². The van der Waals surface area contributed by atoms with Crippen LogP contribution in [0.25, 0.3) is 0 Å². The molecule has 144 valence electrons. The zero-order chi connectivity index (χ0) is 19.1. The third kappa shape index (κ3) is 5.46. The van der Waals surface area contributed by atoms with Gasteiger partial charge in [0, 0.05) is 31.0 Å². The molecule has 0 radical (unpaired) electrons. The molecule has 5 heteroatoms. The Kier molecular flexibility index (Phi) is 6.69. The minimum atomic E-state index is 0.177. The molecule has 5 nitrogen and oxygen atoms in total. The standard InChI is InChI=1S/C22H31N5/c1-4-23-22(24-16-20-11-7-9-17(2)25-20)26-18(3)19-10-8-12-21(15-19)27-13-5-6-14-27/h7-12,15,18H,4-6,13-14,16H2,1-3H3,(H2,23,24,26). The normalized spacial score (nSPS) is 15.7. The maximum Gasteiger partial charge on any atom is 0.192 e. The number of pyridine rings is 1. The highest BCUT2D eigenvalue weighted by Gasteiger charge is 2.14. The molecule has 0 aliphatic carbocycles. The van der Waals surface area contributed by atoms with E-state index in [1.807, 2.05) is 25.1 Å². The van der Waals surface area contributed by atoms with E-state index in [-0.39, 0.29) is 6.04 Å². The molecule has 1 aliphatic heterocycles. The molecule has 1 fully saturated rings. The van der Waals surface area contributed by atoms with Crippen molar-refractivity contribution in [3.63, 3.8) is 0 Å². The summed E-state index contributed by atoms with van der Waals surface area (Å²) in [5, 5.41) is 6.87. The molecule has 2 N–H and O–H groups in total. The summed E-state index contributed by atoms with van der Waals surface area (Å²) in [6.07, 6.45) is 2.59. The number of anilines is 1. The van der Waals surface area contributed by atoms with Gasteiger partial charge in [0.2, 0.25) is 0 Å². The van der Waals surface area contributed by atoms with Crippen molar-refractivity contribution in [2.45, 2.75) is 46.2 Å². The van der Waals surface area contributed by atoms with Crippen LogP contribution in [-0.4, -0.2) is 30.6 Å². The largest absolute Gasteiger partial charge is 0.372 e. The molecule has 0 bridgehead atoms. The first-order chi connectivity index (χ1) is 13.2. The van der Waals surface area contributed by atoms with Crippen LogP contribution in [0.2, 0.25) is 0 Å². The second-order valence-corrected chi connectivity index (χ2v) is 7.12. The van der Waals surface area contributed by atoms with Gasteiger partial charge in [-0.25, -0.2) is 4.99 Å². The summed E-state index contributed by atoms with van der Waals surface area (Å²) >= 11 is 0. The molecule has 1 aromatic heterocycles. The minimum Gasteiger partial charge on any atom is -0.372 e. The fourth-order valence-electron chi connectivity index (χ4n) is 3.42. The molecule has 3 rings (SSSR count). The van der Waals surface area contributed by atoms with Gasteiger partial charge in [-0.1, -0.05) is 18.2 Å². The van der Waals surface area contributed by atoms with Crippen LogP contribution in [0.1, 0.15) is 49.7 Å².